The first-order valence-electron chi connectivity index (χ1n) is 9.86. The molecule has 2 amide bonds. The number of carbonyl (C=O) groups is 2. The molecular formula is C21H30N4O2S. The van der Waals surface area contributed by atoms with Gasteiger partial charge in [0.2, 0.25) is 11.0 Å². The van der Waals surface area contributed by atoms with Crippen molar-refractivity contribution in [2.45, 2.75) is 65.8 Å². The molecule has 2 aromatic rings. The maximum Gasteiger partial charge on any atom is 0.252 e. The van der Waals surface area contributed by atoms with Crippen LogP contribution in [0.4, 0.5) is 5.13 Å². The number of amides is 2. The number of nitrogens with one attached hydrogen (secondary N) is 2. The molecule has 0 aliphatic carbocycles. The average molecular weight is 403 g/mol. The van der Waals surface area contributed by atoms with Gasteiger partial charge >= 0.3 is 0 Å². The summed E-state index contributed by atoms with van der Waals surface area (Å²) in [5.74, 6) is 0.106. The van der Waals surface area contributed by atoms with Crippen molar-refractivity contribution in [3.05, 3.63) is 40.4 Å². The van der Waals surface area contributed by atoms with Gasteiger partial charge in [0.1, 0.15) is 11.0 Å². The largest absolute Gasteiger partial charge is 0.340 e. The molecule has 152 valence electrons. The molecule has 7 heteroatoms. The molecule has 0 bridgehead atoms. The molecule has 0 saturated carbocycles. The second kappa shape index (κ2) is 10.3. The minimum Gasteiger partial charge on any atom is -0.340 e. The minimum absolute atomic E-state index is 0.242. The van der Waals surface area contributed by atoms with Gasteiger partial charge in [-0.3, -0.25) is 14.9 Å². The fourth-order valence-electron chi connectivity index (χ4n) is 3.05. The Morgan fingerprint density at radius 1 is 1.11 bits per heavy atom. The molecule has 28 heavy (non-hydrogen) atoms. The lowest BCUT2D eigenvalue weighted by atomic mass is 10.0. The van der Waals surface area contributed by atoms with Crippen LogP contribution in [0.2, 0.25) is 0 Å². The third-order valence-electron chi connectivity index (χ3n) is 4.72. The summed E-state index contributed by atoms with van der Waals surface area (Å²) in [7, 11) is 0. The van der Waals surface area contributed by atoms with E-state index >= 15 is 0 Å². The first-order chi connectivity index (χ1) is 13.3. The van der Waals surface area contributed by atoms with Gasteiger partial charge < -0.3 is 5.32 Å². The van der Waals surface area contributed by atoms with Gasteiger partial charge in [0.05, 0.1) is 0 Å². The second-order valence-electron chi connectivity index (χ2n) is 7.42. The van der Waals surface area contributed by atoms with Crippen molar-refractivity contribution in [2.24, 2.45) is 5.92 Å². The zero-order valence-corrected chi connectivity index (χ0v) is 18.1. The van der Waals surface area contributed by atoms with E-state index in [9.17, 15) is 9.59 Å². The van der Waals surface area contributed by atoms with Crippen LogP contribution in [0.3, 0.4) is 0 Å². The number of hydrogen-bond acceptors (Lipinski definition) is 5. The van der Waals surface area contributed by atoms with E-state index in [1.165, 1.54) is 11.3 Å². The summed E-state index contributed by atoms with van der Waals surface area (Å²) in [6.07, 6.45) is 2.52. The van der Waals surface area contributed by atoms with Crippen LogP contribution in [0.5, 0.6) is 0 Å². The van der Waals surface area contributed by atoms with Crippen LogP contribution in [0.15, 0.2) is 24.3 Å². The molecular weight excluding hydrogens is 372 g/mol. The number of carbonyl (C=O) groups excluding carboxylic acids is 2. The molecule has 1 unspecified atom stereocenters. The first kappa shape index (κ1) is 22.0. The van der Waals surface area contributed by atoms with Gasteiger partial charge in [-0.15, -0.1) is 10.2 Å². The summed E-state index contributed by atoms with van der Waals surface area (Å²) in [4.78, 5) is 25.5. The fourth-order valence-corrected chi connectivity index (χ4v) is 4.06. The molecule has 6 nitrogen and oxygen atoms in total. The highest BCUT2D eigenvalue weighted by atomic mass is 32.1. The second-order valence-corrected chi connectivity index (χ2v) is 8.43. The average Bonchev–Trinajstić information content (AvgIpc) is 3.10. The number of benzene rings is 1. The van der Waals surface area contributed by atoms with Crippen molar-refractivity contribution in [3.63, 3.8) is 0 Å². The van der Waals surface area contributed by atoms with Crippen LogP contribution in [0.1, 0.15) is 73.8 Å². The zero-order valence-electron chi connectivity index (χ0n) is 17.3. The topological polar surface area (TPSA) is 84.0 Å². The van der Waals surface area contributed by atoms with Gasteiger partial charge in [-0.2, -0.15) is 0 Å². The highest BCUT2D eigenvalue weighted by Gasteiger charge is 2.24. The van der Waals surface area contributed by atoms with Gasteiger partial charge in [0.15, 0.2) is 0 Å². The van der Waals surface area contributed by atoms with E-state index < -0.39 is 6.04 Å². The molecule has 0 aliphatic rings. The van der Waals surface area contributed by atoms with E-state index in [0.717, 1.165) is 23.4 Å². The highest BCUT2D eigenvalue weighted by molar-refractivity contribution is 7.15. The van der Waals surface area contributed by atoms with Crippen LogP contribution < -0.4 is 10.6 Å². The summed E-state index contributed by atoms with van der Waals surface area (Å²) in [5, 5.41) is 15.5. The van der Waals surface area contributed by atoms with Crippen molar-refractivity contribution in [1.29, 1.82) is 0 Å². The highest BCUT2D eigenvalue weighted by Crippen LogP contribution is 2.28. The van der Waals surface area contributed by atoms with E-state index in [1.54, 1.807) is 6.07 Å². The maximum atomic E-state index is 12.8. The fraction of sp³-hybridized carbons (Fsp3) is 0.524. The summed E-state index contributed by atoms with van der Waals surface area (Å²) in [6.45, 7) is 10.2. The van der Waals surface area contributed by atoms with E-state index in [-0.39, 0.29) is 17.7 Å². The third-order valence-corrected chi connectivity index (χ3v) is 5.73. The molecule has 0 saturated heterocycles. The number of rotatable bonds is 9. The normalized spacial score (nSPS) is 12.2. The molecule has 0 radical (unpaired) electrons. The van der Waals surface area contributed by atoms with E-state index in [1.807, 2.05) is 39.0 Å². The number of anilines is 1. The van der Waals surface area contributed by atoms with Crippen LogP contribution in [-0.4, -0.2) is 28.1 Å². The quantitative estimate of drug-likeness (QED) is 0.645. The minimum atomic E-state index is -0.632. The molecule has 2 rings (SSSR count). The SMILES string of the molecule is CCC(CC)c1nnc(NC(=O)C(CC(C)C)NC(=O)c2ccccc2C)s1. The zero-order chi connectivity index (χ0) is 20.7. The lowest BCUT2D eigenvalue weighted by molar-refractivity contribution is -0.118. The first-order valence-corrected chi connectivity index (χ1v) is 10.7. The summed E-state index contributed by atoms with van der Waals surface area (Å²) in [6, 6.07) is 6.72. The monoisotopic (exact) mass is 402 g/mol. The molecule has 2 N–H and O–H groups in total. The third kappa shape index (κ3) is 5.86. The Labute approximate surface area is 171 Å². The standard InChI is InChI=1S/C21H30N4O2S/c1-6-15(7-2)20-24-25-21(28-20)23-19(27)17(12-13(3)4)22-18(26)16-11-9-8-10-14(16)5/h8-11,13,15,17H,6-7,12H2,1-5H3,(H,22,26)(H,23,25,27). The lowest BCUT2D eigenvalue weighted by Crippen LogP contribution is -2.44. The molecule has 1 atom stereocenters. The van der Waals surface area contributed by atoms with Gasteiger partial charge in [0.25, 0.3) is 5.91 Å². The Balaban J connectivity index is 2.11. The van der Waals surface area contributed by atoms with Crippen LogP contribution in [-0.2, 0) is 4.79 Å². The molecule has 0 fully saturated rings. The Bertz CT molecular complexity index is 799. The predicted molar refractivity (Wildman–Crippen MR) is 114 cm³/mol. The number of nitrogens with zero attached hydrogens (tertiary/aromatic N) is 2. The smallest absolute Gasteiger partial charge is 0.252 e. The Hall–Kier alpha value is -2.28. The molecule has 0 spiro atoms. The van der Waals surface area contributed by atoms with Gasteiger partial charge in [-0.1, -0.05) is 57.2 Å². The van der Waals surface area contributed by atoms with E-state index in [4.69, 9.17) is 0 Å². The van der Waals surface area contributed by atoms with Gasteiger partial charge in [-0.25, -0.2) is 0 Å². The summed E-state index contributed by atoms with van der Waals surface area (Å²) >= 11 is 1.41. The number of aromatic nitrogens is 2. The van der Waals surface area contributed by atoms with Gasteiger partial charge in [-0.05, 0) is 43.7 Å². The lowest BCUT2D eigenvalue weighted by Gasteiger charge is -2.20. The van der Waals surface area contributed by atoms with Crippen molar-refractivity contribution >= 4 is 28.3 Å². The van der Waals surface area contributed by atoms with Crippen molar-refractivity contribution in [2.75, 3.05) is 5.32 Å². The molecule has 1 aromatic carbocycles. The van der Waals surface area contributed by atoms with Crippen LogP contribution in [0, 0.1) is 12.8 Å². The number of aryl methyl sites for hydroxylation is 1. The predicted octanol–water partition coefficient (Wildman–Crippen LogP) is 4.53. The van der Waals surface area contributed by atoms with Gasteiger partial charge in [0, 0.05) is 11.5 Å². The molecule has 0 aliphatic heterocycles. The van der Waals surface area contributed by atoms with Crippen LogP contribution >= 0.6 is 11.3 Å². The molecule has 1 aromatic heterocycles. The Morgan fingerprint density at radius 2 is 1.79 bits per heavy atom. The summed E-state index contributed by atoms with van der Waals surface area (Å²) < 4.78 is 0. The Morgan fingerprint density at radius 3 is 2.39 bits per heavy atom. The van der Waals surface area contributed by atoms with E-state index in [2.05, 4.69) is 34.7 Å². The maximum absolute atomic E-state index is 12.8. The molecule has 1 heterocycles. The summed E-state index contributed by atoms with van der Waals surface area (Å²) in [5.41, 5.74) is 1.46. The van der Waals surface area contributed by atoms with Crippen molar-refractivity contribution in [1.82, 2.24) is 15.5 Å². The van der Waals surface area contributed by atoms with Crippen LogP contribution in [0.25, 0.3) is 0 Å². The number of hydrogen-bond donors (Lipinski definition) is 2. The van der Waals surface area contributed by atoms with Crippen molar-refractivity contribution < 1.29 is 9.59 Å². The Kier molecular flexibility index (Phi) is 8.11. The van der Waals surface area contributed by atoms with Crippen molar-refractivity contribution in [3.8, 4) is 0 Å². The van der Waals surface area contributed by atoms with E-state index in [0.29, 0.717) is 23.0 Å².